The molecule has 2 fully saturated rings. The Bertz CT molecular complexity index is 650. The van der Waals surface area contributed by atoms with Crippen molar-refractivity contribution in [3.8, 4) is 0 Å². The minimum absolute atomic E-state index is 0.0190. The highest BCUT2D eigenvalue weighted by Crippen LogP contribution is 2.39. The van der Waals surface area contributed by atoms with Crippen LogP contribution in [0.25, 0.3) is 0 Å². The lowest BCUT2D eigenvalue weighted by atomic mass is 9.73. The monoisotopic (exact) mass is 383 g/mol. The molecule has 0 bridgehead atoms. The first-order chi connectivity index (χ1) is 12.5. The second-order valence-corrected chi connectivity index (χ2v) is 7.73. The molecule has 2 amide bonds. The molecule has 1 aromatic rings. The average Bonchev–Trinajstić information content (AvgIpc) is 3.06. The van der Waals surface area contributed by atoms with E-state index in [9.17, 15) is 9.59 Å². The Kier molecular flexibility index (Phi) is 6.19. The molecule has 144 valence electrons. The predicted octanol–water partition coefficient (Wildman–Crippen LogP) is 2.14. The molecule has 0 unspecified atom stereocenters. The largest absolute Gasteiger partial charge is 0.383 e. The lowest BCUT2D eigenvalue weighted by molar-refractivity contribution is -0.143. The SMILES string of the molecule is COCCN1C[C@]2(CCCN(C(=O)CCc3cc(Cl)no3)C2)CCC1=O. The number of aromatic nitrogens is 1. The van der Waals surface area contributed by atoms with Crippen LogP contribution in [0, 0.1) is 5.41 Å². The van der Waals surface area contributed by atoms with Crippen molar-refractivity contribution in [2.75, 3.05) is 39.9 Å². The molecule has 0 saturated carbocycles. The van der Waals surface area contributed by atoms with E-state index in [0.29, 0.717) is 43.3 Å². The second-order valence-electron chi connectivity index (χ2n) is 7.34. The van der Waals surface area contributed by atoms with E-state index < -0.39 is 0 Å². The Labute approximate surface area is 158 Å². The Balaban J connectivity index is 1.57. The number of ether oxygens (including phenoxy) is 1. The number of halogens is 1. The minimum Gasteiger partial charge on any atom is -0.383 e. The Morgan fingerprint density at radius 1 is 1.42 bits per heavy atom. The maximum atomic E-state index is 12.7. The summed E-state index contributed by atoms with van der Waals surface area (Å²) < 4.78 is 10.2. The van der Waals surface area contributed by atoms with Gasteiger partial charge in [-0.2, -0.15) is 0 Å². The summed E-state index contributed by atoms with van der Waals surface area (Å²) in [6.07, 6.45) is 4.34. The van der Waals surface area contributed by atoms with Crippen molar-refractivity contribution < 1.29 is 18.8 Å². The number of rotatable bonds is 6. The molecule has 3 rings (SSSR count). The Hall–Kier alpha value is -1.60. The highest BCUT2D eigenvalue weighted by atomic mass is 35.5. The van der Waals surface area contributed by atoms with Crippen molar-refractivity contribution in [2.24, 2.45) is 5.41 Å². The van der Waals surface area contributed by atoms with Gasteiger partial charge in [0.25, 0.3) is 0 Å². The summed E-state index contributed by atoms with van der Waals surface area (Å²) >= 11 is 5.74. The van der Waals surface area contributed by atoms with Crippen LogP contribution in [0.3, 0.4) is 0 Å². The fraction of sp³-hybridized carbons (Fsp3) is 0.722. The first-order valence-electron chi connectivity index (χ1n) is 9.17. The third-order valence-electron chi connectivity index (χ3n) is 5.44. The number of nitrogens with zero attached hydrogens (tertiary/aromatic N) is 3. The van der Waals surface area contributed by atoms with Crippen LogP contribution in [0.2, 0.25) is 5.15 Å². The lowest BCUT2D eigenvalue weighted by Crippen LogP contribution is -2.55. The molecule has 1 spiro atoms. The maximum absolute atomic E-state index is 12.7. The topological polar surface area (TPSA) is 75.9 Å². The van der Waals surface area contributed by atoms with Crippen molar-refractivity contribution >= 4 is 23.4 Å². The average molecular weight is 384 g/mol. The van der Waals surface area contributed by atoms with E-state index in [-0.39, 0.29) is 17.2 Å². The summed E-state index contributed by atoms with van der Waals surface area (Å²) in [6, 6.07) is 1.65. The van der Waals surface area contributed by atoms with Crippen LogP contribution in [-0.4, -0.2) is 66.7 Å². The second kappa shape index (κ2) is 8.39. The molecule has 0 aromatic carbocycles. The molecule has 0 N–H and O–H groups in total. The molecule has 2 aliphatic rings. The number of amides is 2. The van der Waals surface area contributed by atoms with Crippen molar-refractivity contribution in [1.82, 2.24) is 15.0 Å². The summed E-state index contributed by atoms with van der Waals surface area (Å²) in [5.41, 5.74) is 0.0190. The smallest absolute Gasteiger partial charge is 0.223 e. The van der Waals surface area contributed by atoms with Crippen LogP contribution in [0.1, 0.15) is 37.9 Å². The number of hydrogen-bond acceptors (Lipinski definition) is 5. The predicted molar refractivity (Wildman–Crippen MR) is 95.8 cm³/mol. The molecule has 1 aromatic heterocycles. The highest BCUT2D eigenvalue weighted by molar-refractivity contribution is 6.29. The number of aryl methyl sites for hydroxylation is 1. The maximum Gasteiger partial charge on any atom is 0.223 e. The van der Waals surface area contributed by atoms with Crippen molar-refractivity contribution in [3.05, 3.63) is 17.0 Å². The van der Waals surface area contributed by atoms with Crippen molar-refractivity contribution in [1.29, 1.82) is 0 Å². The van der Waals surface area contributed by atoms with Gasteiger partial charge in [0.15, 0.2) is 5.15 Å². The Morgan fingerprint density at radius 3 is 3.00 bits per heavy atom. The highest BCUT2D eigenvalue weighted by Gasteiger charge is 2.42. The third kappa shape index (κ3) is 4.57. The minimum atomic E-state index is 0.0190. The van der Waals surface area contributed by atoms with E-state index in [4.69, 9.17) is 20.9 Å². The standard InChI is InChI=1S/C18H26ClN3O4/c1-25-10-9-22-13-18(7-5-17(22)24)6-2-8-21(12-18)16(23)4-3-14-11-15(19)20-26-14/h11H,2-10,12-13H2,1H3/t18-/m1/s1. The first-order valence-corrected chi connectivity index (χ1v) is 9.55. The van der Waals surface area contributed by atoms with Gasteiger partial charge in [0.05, 0.1) is 6.61 Å². The number of methoxy groups -OCH3 is 1. The quantitative estimate of drug-likeness (QED) is 0.752. The van der Waals surface area contributed by atoms with Gasteiger partial charge >= 0.3 is 0 Å². The molecule has 1 atom stereocenters. The van der Waals surface area contributed by atoms with Crippen molar-refractivity contribution in [3.63, 3.8) is 0 Å². The zero-order chi connectivity index (χ0) is 18.6. The normalized spacial score (nSPS) is 23.7. The van der Waals surface area contributed by atoms with Gasteiger partial charge in [-0.15, -0.1) is 0 Å². The van der Waals surface area contributed by atoms with Gasteiger partial charge in [0.1, 0.15) is 5.76 Å². The Morgan fingerprint density at radius 2 is 2.27 bits per heavy atom. The summed E-state index contributed by atoms with van der Waals surface area (Å²) in [6.45, 7) is 3.39. The van der Waals surface area contributed by atoms with Gasteiger partial charge in [-0.1, -0.05) is 16.8 Å². The first kappa shape index (κ1) is 19.2. The number of hydrogen-bond donors (Lipinski definition) is 0. The van der Waals surface area contributed by atoms with E-state index in [1.54, 1.807) is 13.2 Å². The van der Waals surface area contributed by atoms with E-state index in [0.717, 1.165) is 38.9 Å². The molecular formula is C18H26ClN3O4. The fourth-order valence-corrected chi connectivity index (χ4v) is 4.21. The number of carbonyl (C=O) groups is 2. The van der Waals surface area contributed by atoms with Gasteiger partial charge in [0, 0.05) is 64.0 Å². The van der Waals surface area contributed by atoms with E-state index in [2.05, 4.69) is 5.16 Å². The van der Waals surface area contributed by atoms with Gasteiger partial charge in [-0.3, -0.25) is 9.59 Å². The fourth-order valence-electron chi connectivity index (χ4n) is 4.06. The molecule has 8 heteroatoms. The molecule has 2 saturated heterocycles. The molecule has 2 aliphatic heterocycles. The molecular weight excluding hydrogens is 358 g/mol. The van der Waals surface area contributed by atoms with Crippen LogP contribution < -0.4 is 0 Å². The zero-order valence-electron chi connectivity index (χ0n) is 15.2. The van der Waals surface area contributed by atoms with Gasteiger partial charge < -0.3 is 19.1 Å². The summed E-state index contributed by atoms with van der Waals surface area (Å²) in [5.74, 6) is 0.944. The summed E-state index contributed by atoms with van der Waals surface area (Å²) in [7, 11) is 1.65. The van der Waals surface area contributed by atoms with Crippen LogP contribution >= 0.6 is 11.6 Å². The van der Waals surface area contributed by atoms with Crippen LogP contribution in [0.4, 0.5) is 0 Å². The third-order valence-corrected chi connectivity index (χ3v) is 5.62. The number of likely N-dealkylation sites (tertiary alicyclic amines) is 2. The van der Waals surface area contributed by atoms with Crippen LogP contribution in [-0.2, 0) is 20.7 Å². The summed E-state index contributed by atoms with van der Waals surface area (Å²) in [5, 5.41) is 3.95. The summed E-state index contributed by atoms with van der Waals surface area (Å²) in [4.78, 5) is 28.7. The van der Waals surface area contributed by atoms with Crippen LogP contribution in [0.15, 0.2) is 10.6 Å². The molecule has 0 radical (unpaired) electrons. The van der Waals surface area contributed by atoms with Crippen molar-refractivity contribution in [2.45, 2.75) is 38.5 Å². The number of piperidine rings is 2. The lowest BCUT2D eigenvalue weighted by Gasteiger charge is -2.48. The number of carbonyl (C=O) groups excluding carboxylic acids is 2. The zero-order valence-corrected chi connectivity index (χ0v) is 16.0. The van der Waals surface area contributed by atoms with E-state index in [1.807, 2.05) is 9.80 Å². The van der Waals surface area contributed by atoms with Crippen LogP contribution in [0.5, 0.6) is 0 Å². The van der Waals surface area contributed by atoms with Gasteiger partial charge in [-0.25, -0.2) is 0 Å². The molecule has 0 aliphatic carbocycles. The molecule has 26 heavy (non-hydrogen) atoms. The van der Waals surface area contributed by atoms with E-state index >= 15 is 0 Å². The molecule has 7 nitrogen and oxygen atoms in total. The van der Waals surface area contributed by atoms with Gasteiger partial charge in [-0.05, 0) is 19.3 Å². The molecule has 3 heterocycles. The van der Waals surface area contributed by atoms with Gasteiger partial charge in [0.2, 0.25) is 11.8 Å². The van der Waals surface area contributed by atoms with E-state index in [1.165, 1.54) is 0 Å².